The quantitative estimate of drug-likeness (QED) is 0.485. The van der Waals surface area contributed by atoms with Crippen LogP contribution in [0.3, 0.4) is 0 Å². The van der Waals surface area contributed by atoms with Crippen LogP contribution in [0.15, 0.2) is 53.6 Å². The van der Waals surface area contributed by atoms with Crippen molar-refractivity contribution in [3.63, 3.8) is 0 Å². The van der Waals surface area contributed by atoms with Crippen molar-refractivity contribution < 1.29 is 19.0 Å². The predicted molar refractivity (Wildman–Crippen MR) is 105 cm³/mol. The average Bonchev–Trinajstić information content (AvgIpc) is 3.24. The third kappa shape index (κ3) is 4.12. The van der Waals surface area contributed by atoms with Crippen molar-refractivity contribution in [2.24, 2.45) is 5.10 Å². The molecule has 0 unspecified atom stereocenters. The number of nitrogens with one attached hydrogen (secondary N) is 2. The van der Waals surface area contributed by atoms with E-state index in [2.05, 4.69) is 20.7 Å². The van der Waals surface area contributed by atoms with Crippen LogP contribution in [-0.4, -0.2) is 43.6 Å². The topological polar surface area (TPSA) is 97.8 Å². The maximum Gasteiger partial charge on any atom is 0.289 e. The summed E-state index contributed by atoms with van der Waals surface area (Å²) in [6, 6.07) is 14.7. The van der Waals surface area contributed by atoms with E-state index in [1.165, 1.54) is 27.5 Å². The Labute approximate surface area is 162 Å². The van der Waals surface area contributed by atoms with E-state index in [1.54, 1.807) is 18.2 Å². The zero-order valence-electron chi connectivity index (χ0n) is 15.7. The van der Waals surface area contributed by atoms with Crippen LogP contribution >= 0.6 is 0 Å². The predicted octanol–water partition coefficient (Wildman–Crippen LogP) is 2.87. The Morgan fingerprint density at radius 3 is 2.32 bits per heavy atom. The number of methoxy groups -OCH3 is 3. The van der Waals surface area contributed by atoms with Gasteiger partial charge in [-0.15, -0.1) is 0 Å². The number of hydrogen-bond donors (Lipinski definition) is 2. The molecule has 0 spiro atoms. The Balaban J connectivity index is 1.71. The van der Waals surface area contributed by atoms with Crippen molar-refractivity contribution in [3.8, 4) is 28.5 Å². The molecule has 8 nitrogen and oxygen atoms in total. The van der Waals surface area contributed by atoms with Gasteiger partial charge in [0.2, 0.25) is 5.75 Å². The largest absolute Gasteiger partial charge is 0.493 e. The fourth-order valence-electron chi connectivity index (χ4n) is 2.60. The number of hydrogen-bond acceptors (Lipinski definition) is 6. The van der Waals surface area contributed by atoms with E-state index in [4.69, 9.17) is 14.2 Å². The van der Waals surface area contributed by atoms with Crippen molar-refractivity contribution in [2.75, 3.05) is 21.3 Å². The van der Waals surface area contributed by atoms with Crippen LogP contribution < -0.4 is 19.6 Å². The van der Waals surface area contributed by atoms with Gasteiger partial charge in [0.25, 0.3) is 5.91 Å². The Morgan fingerprint density at radius 2 is 1.71 bits per heavy atom. The summed E-state index contributed by atoms with van der Waals surface area (Å²) in [4.78, 5) is 12.3. The highest BCUT2D eigenvalue weighted by atomic mass is 16.5. The highest BCUT2D eigenvalue weighted by Gasteiger charge is 2.13. The minimum absolute atomic E-state index is 0.306. The number of aromatic amines is 1. The van der Waals surface area contributed by atoms with Gasteiger partial charge in [-0.2, -0.15) is 10.2 Å². The van der Waals surface area contributed by atoms with Gasteiger partial charge in [-0.25, -0.2) is 5.43 Å². The number of rotatable bonds is 7. The van der Waals surface area contributed by atoms with E-state index in [0.29, 0.717) is 34.2 Å². The van der Waals surface area contributed by atoms with Crippen molar-refractivity contribution in [3.05, 3.63) is 59.8 Å². The Morgan fingerprint density at radius 1 is 1.04 bits per heavy atom. The van der Waals surface area contributed by atoms with Crippen LogP contribution in [0.1, 0.15) is 16.1 Å². The number of H-pyrrole nitrogens is 1. The summed E-state index contributed by atoms with van der Waals surface area (Å²) >= 11 is 0. The summed E-state index contributed by atoms with van der Waals surface area (Å²) in [5.41, 5.74) is 5.03. The second-order valence-corrected chi connectivity index (χ2v) is 5.69. The molecule has 3 aromatic rings. The second kappa shape index (κ2) is 8.72. The lowest BCUT2D eigenvalue weighted by Crippen LogP contribution is -2.18. The minimum atomic E-state index is -0.404. The molecule has 0 aliphatic carbocycles. The van der Waals surface area contributed by atoms with Gasteiger partial charge in [0, 0.05) is 11.1 Å². The van der Waals surface area contributed by atoms with Crippen LogP contribution in [0, 0.1) is 0 Å². The molecule has 1 heterocycles. The molecule has 1 amide bonds. The number of aromatic nitrogens is 2. The lowest BCUT2D eigenvalue weighted by molar-refractivity contribution is 0.0950. The van der Waals surface area contributed by atoms with Crippen molar-refractivity contribution >= 4 is 12.1 Å². The number of ether oxygens (including phenoxy) is 3. The number of amides is 1. The molecule has 2 aromatic carbocycles. The van der Waals surface area contributed by atoms with E-state index >= 15 is 0 Å². The van der Waals surface area contributed by atoms with Gasteiger partial charge in [-0.3, -0.25) is 9.89 Å². The molecule has 144 valence electrons. The first-order valence-corrected chi connectivity index (χ1v) is 8.40. The molecule has 1 aromatic heterocycles. The van der Waals surface area contributed by atoms with E-state index in [0.717, 1.165) is 5.56 Å². The molecule has 2 N–H and O–H groups in total. The molecule has 0 bridgehead atoms. The fraction of sp³-hybridized carbons (Fsp3) is 0.150. The van der Waals surface area contributed by atoms with Gasteiger partial charge < -0.3 is 14.2 Å². The summed E-state index contributed by atoms with van der Waals surface area (Å²) in [5.74, 6) is 1.07. The van der Waals surface area contributed by atoms with E-state index in [1.807, 2.05) is 30.3 Å². The molecular weight excluding hydrogens is 360 g/mol. The number of nitrogens with zero attached hydrogens (tertiary/aromatic N) is 2. The first kappa shape index (κ1) is 19.0. The average molecular weight is 380 g/mol. The molecule has 0 radical (unpaired) electrons. The Hall–Kier alpha value is -3.81. The Kier molecular flexibility index (Phi) is 5.91. The molecule has 0 atom stereocenters. The summed E-state index contributed by atoms with van der Waals surface area (Å²) in [6.07, 6.45) is 1.48. The molecule has 3 rings (SSSR count). The third-order valence-electron chi connectivity index (χ3n) is 3.96. The molecule has 28 heavy (non-hydrogen) atoms. The highest BCUT2D eigenvalue weighted by molar-refractivity contribution is 5.94. The molecular formula is C20H20N4O4. The second-order valence-electron chi connectivity index (χ2n) is 5.69. The number of carbonyl (C=O) groups excluding carboxylic acids is 1. The number of benzene rings is 2. The Bertz CT molecular complexity index is 958. The summed E-state index contributed by atoms with van der Waals surface area (Å²) in [7, 11) is 4.59. The maximum absolute atomic E-state index is 12.3. The normalized spacial score (nSPS) is 10.7. The van der Waals surface area contributed by atoms with Crippen LogP contribution in [0.5, 0.6) is 17.2 Å². The van der Waals surface area contributed by atoms with Crippen LogP contribution in [0.2, 0.25) is 0 Å². The molecule has 0 saturated carbocycles. The first-order valence-electron chi connectivity index (χ1n) is 8.40. The number of hydrazone groups is 1. The zero-order chi connectivity index (χ0) is 19.9. The van der Waals surface area contributed by atoms with Gasteiger partial charge in [-0.05, 0) is 18.2 Å². The highest BCUT2D eigenvalue weighted by Crippen LogP contribution is 2.37. The molecule has 0 fully saturated rings. The third-order valence-corrected chi connectivity index (χ3v) is 3.96. The van der Waals surface area contributed by atoms with Gasteiger partial charge >= 0.3 is 0 Å². The van der Waals surface area contributed by atoms with Crippen molar-refractivity contribution in [1.29, 1.82) is 0 Å². The van der Waals surface area contributed by atoms with E-state index < -0.39 is 5.91 Å². The van der Waals surface area contributed by atoms with Crippen molar-refractivity contribution in [2.45, 2.75) is 0 Å². The van der Waals surface area contributed by atoms with E-state index in [9.17, 15) is 4.79 Å². The lowest BCUT2D eigenvalue weighted by atomic mass is 10.1. The first-order chi connectivity index (χ1) is 13.7. The monoisotopic (exact) mass is 380 g/mol. The summed E-state index contributed by atoms with van der Waals surface area (Å²) in [5, 5.41) is 10.8. The van der Waals surface area contributed by atoms with Gasteiger partial charge in [-0.1, -0.05) is 30.3 Å². The molecule has 8 heteroatoms. The molecule has 0 aliphatic heterocycles. The van der Waals surface area contributed by atoms with Gasteiger partial charge in [0.05, 0.1) is 33.2 Å². The SMILES string of the molecule is COc1cc(C=NNC(=O)c2cc(-c3ccccc3)n[nH]2)cc(OC)c1OC. The minimum Gasteiger partial charge on any atom is -0.493 e. The fourth-order valence-corrected chi connectivity index (χ4v) is 2.60. The van der Waals surface area contributed by atoms with E-state index in [-0.39, 0.29) is 0 Å². The number of carbonyl (C=O) groups is 1. The summed E-state index contributed by atoms with van der Waals surface area (Å²) in [6.45, 7) is 0. The lowest BCUT2D eigenvalue weighted by Gasteiger charge is -2.12. The van der Waals surface area contributed by atoms with Gasteiger partial charge in [0.1, 0.15) is 5.69 Å². The molecule has 0 saturated heterocycles. The summed E-state index contributed by atoms with van der Waals surface area (Å²) < 4.78 is 15.9. The smallest absolute Gasteiger partial charge is 0.289 e. The van der Waals surface area contributed by atoms with Crippen LogP contribution in [0.25, 0.3) is 11.3 Å². The zero-order valence-corrected chi connectivity index (χ0v) is 15.7. The maximum atomic E-state index is 12.3. The standard InChI is InChI=1S/C20H20N4O4/c1-26-17-9-13(10-18(27-2)19(17)28-3)12-21-24-20(25)16-11-15(22-23-16)14-7-5-4-6-8-14/h4-12H,1-3H3,(H,22,23)(H,24,25). The molecule has 0 aliphatic rings. The van der Waals surface area contributed by atoms with Crippen molar-refractivity contribution in [1.82, 2.24) is 15.6 Å². The van der Waals surface area contributed by atoms with Crippen LogP contribution in [0.4, 0.5) is 0 Å². The van der Waals surface area contributed by atoms with Crippen LogP contribution in [-0.2, 0) is 0 Å². The van der Waals surface area contributed by atoms with Gasteiger partial charge in [0.15, 0.2) is 11.5 Å².